The van der Waals surface area contributed by atoms with Crippen LogP contribution in [-0.4, -0.2) is 33.7 Å². The second-order valence-corrected chi connectivity index (χ2v) is 10.6. The molecule has 0 unspecified atom stereocenters. The van der Waals surface area contributed by atoms with Gasteiger partial charge >= 0.3 is 5.97 Å². The molecule has 1 heterocycles. The Morgan fingerprint density at radius 2 is 1.89 bits per heavy atom. The van der Waals surface area contributed by atoms with E-state index in [2.05, 4.69) is 31.1 Å². The first-order valence-corrected chi connectivity index (χ1v) is 12.5. The van der Waals surface area contributed by atoms with Crippen LogP contribution in [0.4, 0.5) is 0 Å². The zero-order chi connectivity index (χ0) is 25.4. The van der Waals surface area contributed by atoms with Gasteiger partial charge in [0, 0.05) is 30.8 Å². The average molecular weight is 498 g/mol. The summed E-state index contributed by atoms with van der Waals surface area (Å²) >= 11 is 6.34. The molecule has 0 spiro atoms. The average Bonchev–Trinajstić information content (AvgIpc) is 3.23. The quantitative estimate of drug-likeness (QED) is 0.274. The van der Waals surface area contributed by atoms with Crippen LogP contribution in [0.1, 0.15) is 57.5 Å². The van der Waals surface area contributed by atoms with Crippen molar-refractivity contribution in [3.05, 3.63) is 70.6 Å². The minimum Gasteiger partial charge on any atom is -0.492 e. The third-order valence-electron chi connectivity index (χ3n) is 5.53. The van der Waals surface area contributed by atoms with Crippen molar-refractivity contribution in [2.24, 2.45) is 5.41 Å². The van der Waals surface area contributed by atoms with E-state index in [-0.39, 0.29) is 17.9 Å². The molecule has 7 heteroatoms. The highest BCUT2D eigenvalue weighted by Gasteiger charge is 2.16. The molecule has 1 atom stereocenters. The highest BCUT2D eigenvalue weighted by molar-refractivity contribution is 6.32. The Morgan fingerprint density at radius 1 is 1.17 bits per heavy atom. The molecule has 0 aliphatic carbocycles. The van der Waals surface area contributed by atoms with E-state index in [1.807, 2.05) is 55.6 Å². The van der Waals surface area contributed by atoms with Crippen molar-refractivity contribution in [2.75, 3.05) is 6.61 Å². The highest BCUT2D eigenvalue weighted by Crippen LogP contribution is 2.26. The summed E-state index contributed by atoms with van der Waals surface area (Å²) in [7, 11) is 0. The molecule has 0 bridgehead atoms. The number of hydrogen-bond acceptors (Lipinski definition) is 4. The molecule has 3 aromatic rings. The summed E-state index contributed by atoms with van der Waals surface area (Å²) in [6, 6.07) is 13.6. The molecule has 0 fully saturated rings. The van der Waals surface area contributed by atoms with Crippen molar-refractivity contribution in [1.82, 2.24) is 15.3 Å². The predicted molar refractivity (Wildman–Crippen MR) is 141 cm³/mol. The Morgan fingerprint density at radius 3 is 2.51 bits per heavy atom. The fraction of sp³-hybridized carbons (Fsp3) is 0.429. The van der Waals surface area contributed by atoms with Crippen LogP contribution in [0.3, 0.4) is 0 Å². The molecule has 188 valence electrons. The number of ether oxygens (including phenoxy) is 1. The van der Waals surface area contributed by atoms with E-state index in [1.165, 1.54) is 0 Å². The molecular formula is C28H36ClN3O3. The zero-order valence-electron chi connectivity index (χ0n) is 21.0. The van der Waals surface area contributed by atoms with Crippen molar-refractivity contribution in [1.29, 1.82) is 0 Å². The number of halogens is 1. The number of carbonyl (C=O) groups is 1. The number of benzene rings is 2. The van der Waals surface area contributed by atoms with Gasteiger partial charge in [-0.2, -0.15) is 0 Å². The minimum absolute atomic E-state index is 0.0305. The number of aliphatic carboxylic acids is 1. The maximum absolute atomic E-state index is 11.5. The summed E-state index contributed by atoms with van der Waals surface area (Å²) in [5.41, 5.74) is 4.17. The molecule has 0 saturated heterocycles. The first kappa shape index (κ1) is 26.8. The predicted octanol–water partition coefficient (Wildman–Crippen LogP) is 6.28. The maximum atomic E-state index is 11.5. The summed E-state index contributed by atoms with van der Waals surface area (Å²) < 4.78 is 5.63. The number of nitrogens with one attached hydrogen (secondary N) is 2. The van der Waals surface area contributed by atoms with Crippen LogP contribution in [0.5, 0.6) is 5.75 Å². The van der Waals surface area contributed by atoms with E-state index in [9.17, 15) is 9.90 Å². The number of rotatable bonds is 12. The van der Waals surface area contributed by atoms with Gasteiger partial charge in [-0.05, 0) is 41.5 Å². The Balaban J connectivity index is 1.62. The lowest BCUT2D eigenvalue weighted by atomic mass is 9.92. The Labute approximate surface area is 213 Å². The van der Waals surface area contributed by atoms with Gasteiger partial charge in [0.25, 0.3) is 0 Å². The number of imidazole rings is 1. The number of carboxylic acids is 1. The molecule has 3 rings (SSSR count). The molecule has 6 nitrogen and oxygen atoms in total. The summed E-state index contributed by atoms with van der Waals surface area (Å²) in [5, 5.41) is 13.3. The van der Waals surface area contributed by atoms with E-state index in [0.717, 1.165) is 41.1 Å². The lowest BCUT2D eigenvalue weighted by molar-refractivity contribution is -0.137. The van der Waals surface area contributed by atoms with Gasteiger partial charge in [0.05, 0.1) is 23.7 Å². The first-order chi connectivity index (χ1) is 16.6. The van der Waals surface area contributed by atoms with Gasteiger partial charge in [0.15, 0.2) is 0 Å². The standard InChI is InChI=1S/C28H36ClN3O3/c1-5-12-35-25-11-8-20(14-23(25)29)17-30-22(15-27(33)34)13-19-6-9-21(10-7-19)24-18-31-26(32-24)16-28(2,3)4/h6-11,14,18,22,30H,5,12-13,15-17H2,1-4H3,(H,31,32)(H,33,34)/t22-/m0/s1. The Kier molecular flexibility index (Phi) is 9.35. The number of H-pyrrole nitrogens is 1. The lowest BCUT2D eigenvalue weighted by Crippen LogP contribution is -2.33. The van der Waals surface area contributed by atoms with Gasteiger partial charge in [-0.3, -0.25) is 4.79 Å². The van der Waals surface area contributed by atoms with Crippen LogP contribution in [0.2, 0.25) is 5.02 Å². The highest BCUT2D eigenvalue weighted by atomic mass is 35.5. The summed E-state index contributed by atoms with van der Waals surface area (Å²) in [5.74, 6) is 0.817. The molecule has 0 aliphatic heterocycles. The van der Waals surface area contributed by atoms with Gasteiger partial charge in [-0.1, -0.05) is 69.6 Å². The van der Waals surface area contributed by atoms with Crippen LogP contribution in [0, 0.1) is 5.41 Å². The topological polar surface area (TPSA) is 87.2 Å². The molecule has 1 aromatic heterocycles. The lowest BCUT2D eigenvalue weighted by Gasteiger charge is -2.18. The molecule has 0 saturated carbocycles. The fourth-order valence-corrected chi connectivity index (χ4v) is 4.13. The largest absolute Gasteiger partial charge is 0.492 e. The summed E-state index contributed by atoms with van der Waals surface area (Å²) in [6.45, 7) is 9.76. The summed E-state index contributed by atoms with van der Waals surface area (Å²) in [4.78, 5) is 19.5. The number of hydrogen-bond donors (Lipinski definition) is 3. The van der Waals surface area contributed by atoms with Crippen LogP contribution in [0.15, 0.2) is 48.7 Å². The molecule has 0 amide bonds. The van der Waals surface area contributed by atoms with E-state index in [1.54, 1.807) is 0 Å². The number of aromatic nitrogens is 2. The van der Waals surface area contributed by atoms with Crippen molar-refractivity contribution >= 4 is 17.6 Å². The van der Waals surface area contributed by atoms with E-state index in [4.69, 9.17) is 21.3 Å². The number of carboxylic acid groups (broad SMARTS) is 1. The van der Waals surface area contributed by atoms with Gasteiger partial charge in [-0.25, -0.2) is 4.98 Å². The van der Waals surface area contributed by atoms with Crippen LogP contribution in [-0.2, 0) is 24.2 Å². The molecule has 35 heavy (non-hydrogen) atoms. The first-order valence-electron chi connectivity index (χ1n) is 12.1. The third kappa shape index (κ3) is 8.71. The van der Waals surface area contributed by atoms with Crippen LogP contribution < -0.4 is 10.1 Å². The smallest absolute Gasteiger partial charge is 0.304 e. The van der Waals surface area contributed by atoms with E-state index in [0.29, 0.717) is 30.3 Å². The minimum atomic E-state index is -0.830. The van der Waals surface area contributed by atoms with Crippen LogP contribution in [0.25, 0.3) is 11.3 Å². The molecule has 2 aromatic carbocycles. The Hall–Kier alpha value is -2.83. The van der Waals surface area contributed by atoms with Gasteiger partial charge < -0.3 is 20.1 Å². The Bertz CT molecular complexity index is 1100. The number of nitrogens with zero attached hydrogens (tertiary/aromatic N) is 1. The van der Waals surface area contributed by atoms with E-state index >= 15 is 0 Å². The van der Waals surface area contributed by atoms with Crippen molar-refractivity contribution in [3.8, 4) is 17.0 Å². The zero-order valence-corrected chi connectivity index (χ0v) is 21.8. The van der Waals surface area contributed by atoms with Crippen molar-refractivity contribution in [2.45, 2.75) is 66.0 Å². The molecule has 3 N–H and O–H groups in total. The second-order valence-electron chi connectivity index (χ2n) is 10.2. The monoisotopic (exact) mass is 497 g/mol. The van der Waals surface area contributed by atoms with Crippen LogP contribution >= 0.6 is 11.6 Å². The normalized spacial score (nSPS) is 12.5. The fourth-order valence-electron chi connectivity index (χ4n) is 3.87. The van der Waals surface area contributed by atoms with E-state index < -0.39 is 5.97 Å². The number of aromatic amines is 1. The second kappa shape index (κ2) is 12.2. The van der Waals surface area contributed by atoms with Gasteiger partial charge in [-0.15, -0.1) is 0 Å². The van der Waals surface area contributed by atoms with Gasteiger partial charge in [0.1, 0.15) is 11.6 Å². The summed E-state index contributed by atoms with van der Waals surface area (Å²) in [6.07, 6.45) is 4.37. The molecule has 0 radical (unpaired) electrons. The SMILES string of the molecule is CCCOc1ccc(CN[C@H](CC(=O)O)Cc2ccc(-c3c[nH]c(CC(C)(C)C)n3)cc2)cc1Cl. The third-order valence-corrected chi connectivity index (χ3v) is 5.83. The molecule has 0 aliphatic rings. The van der Waals surface area contributed by atoms with Crippen molar-refractivity contribution < 1.29 is 14.6 Å². The van der Waals surface area contributed by atoms with Crippen molar-refractivity contribution in [3.63, 3.8) is 0 Å². The van der Waals surface area contributed by atoms with Gasteiger partial charge in [0.2, 0.25) is 0 Å². The molecular weight excluding hydrogens is 462 g/mol. The maximum Gasteiger partial charge on any atom is 0.304 e.